The fourth-order valence-corrected chi connectivity index (χ4v) is 3.68. The smallest absolute Gasteiger partial charge is 0.253 e. The van der Waals surface area contributed by atoms with Gasteiger partial charge in [0.15, 0.2) is 0 Å². The summed E-state index contributed by atoms with van der Waals surface area (Å²) < 4.78 is 5.47. The molecule has 0 spiro atoms. The highest BCUT2D eigenvalue weighted by atomic mass is 16.5. The average Bonchev–Trinajstić information content (AvgIpc) is 2.94. The van der Waals surface area contributed by atoms with Crippen LogP contribution in [0, 0.1) is 0 Å². The molecule has 4 heteroatoms. The summed E-state index contributed by atoms with van der Waals surface area (Å²) >= 11 is 0. The minimum Gasteiger partial charge on any atom is -0.496 e. The Balaban J connectivity index is 1.80. The molecule has 2 aromatic carbocycles. The fourth-order valence-electron chi connectivity index (χ4n) is 3.68. The summed E-state index contributed by atoms with van der Waals surface area (Å²) in [6.07, 6.45) is 3.24. The molecule has 4 nitrogen and oxygen atoms in total. The Morgan fingerprint density at radius 1 is 1.08 bits per heavy atom. The van der Waals surface area contributed by atoms with Crippen LogP contribution in [0.3, 0.4) is 0 Å². The molecule has 0 unspecified atom stereocenters. The lowest BCUT2D eigenvalue weighted by Gasteiger charge is -2.23. The predicted octanol–water partition coefficient (Wildman–Crippen LogP) is 3.92. The van der Waals surface area contributed by atoms with Crippen molar-refractivity contribution < 1.29 is 9.53 Å². The van der Waals surface area contributed by atoms with Gasteiger partial charge in [0.1, 0.15) is 5.75 Å². The fraction of sp³-hybridized carbons (Fsp3) is 0.409. The Kier molecular flexibility index (Phi) is 5.94. The lowest BCUT2D eigenvalue weighted by atomic mass is 10.0. The number of ether oxygens (including phenoxy) is 1. The summed E-state index contributed by atoms with van der Waals surface area (Å²) in [5.74, 6) is 0.946. The minimum atomic E-state index is 0.126. The molecule has 1 fully saturated rings. The van der Waals surface area contributed by atoms with Crippen LogP contribution in [-0.2, 0) is 0 Å². The van der Waals surface area contributed by atoms with Crippen molar-refractivity contribution in [1.82, 2.24) is 9.80 Å². The third kappa shape index (κ3) is 4.07. The number of carbonyl (C=O) groups excluding carboxylic acids is 1. The van der Waals surface area contributed by atoms with E-state index >= 15 is 0 Å². The number of amides is 1. The Labute approximate surface area is 156 Å². The van der Waals surface area contributed by atoms with Crippen LogP contribution < -0.4 is 4.74 Å². The van der Waals surface area contributed by atoms with Gasteiger partial charge in [-0.3, -0.25) is 4.79 Å². The largest absolute Gasteiger partial charge is 0.496 e. The maximum Gasteiger partial charge on any atom is 0.253 e. The van der Waals surface area contributed by atoms with Crippen LogP contribution in [0.2, 0.25) is 0 Å². The van der Waals surface area contributed by atoms with E-state index in [0.717, 1.165) is 54.8 Å². The molecule has 0 radical (unpaired) electrons. The Morgan fingerprint density at radius 2 is 1.88 bits per heavy atom. The second-order valence-corrected chi connectivity index (χ2v) is 7.12. The zero-order valence-electron chi connectivity index (χ0n) is 15.9. The molecule has 1 amide bonds. The van der Waals surface area contributed by atoms with Gasteiger partial charge < -0.3 is 14.5 Å². The first-order chi connectivity index (χ1) is 12.6. The number of hydrogen-bond acceptors (Lipinski definition) is 3. The van der Waals surface area contributed by atoms with Crippen LogP contribution >= 0.6 is 0 Å². The minimum absolute atomic E-state index is 0.126. The predicted molar refractivity (Wildman–Crippen MR) is 106 cm³/mol. The maximum atomic E-state index is 13.0. The monoisotopic (exact) mass is 352 g/mol. The first kappa shape index (κ1) is 18.5. The van der Waals surface area contributed by atoms with Crippen molar-refractivity contribution in [3.05, 3.63) is 54.1 Å². The van der Waals surface area contributed by atoms with Crippen molar-refractivity contribution in [2.75, 3.05) is 34.3 Å². The summed E-state index contributed by atoms with van der Waals surface area (Å²) in [6.45, 7) is 1.66. The number of hydrogen-bond donors (Lipinski definition) is 0. The summed E-state index contributed by atoms with van der Waals surface area (Å²) in [4.78, 5) is 17.3. The quantitative estimate of drug-likeness (QED) is 0.836. The summed E-state index contributed by atoms with van der Waals surface area (Å²) in [7, 11) is 5.92. The normalized spacial score (nSPS) is 17.8. The number of para-hydroxylation sites is 1. The van der Waals surface area contributed by atoms with Crippen molar-refractivity contribution in [3.63, 3.8) is 0 Å². The van der Waals surface area contributed by atoms with Gasteiger partial charge in [0, 0.05) is 30.3 Å². The molecule has 3 rings (SSSR count). The molecule has 0 N–H and O–H groups in total. The Hall–Kier alpha value is -2.33. The topological polar surface area (TPSA) is 32.8 Å². The zero-order chi connectivity index (χ0) is 18.5. The summed E-state index contributed by atoms with van der Waals surface area (Å²) in [6, 6.07) is 16.3. The van der Waals surface area contributed by atoms with E-state index in [0.29, 0.717) is 6.04 Å². The molecule has 0 saturated carbocycles. The van der Waals surface area contributed by atoms with Gasteiger partial charge in [0.2, 0.25) is 0 Å². The highest BCUT2D eigenvalue weighted by Crippen LogP contribution is 2.30. The van der Waals surface area contributed by atoms with Gasteiger partial charge in [-0.1, -0.05) is 30.3 Å². The zero-order valence-corrected chi connectivity index (χ0v) is 15.9. The van der Waals surface area contributed by atoms with E-state index in [2.05, 4.69) is 19.0 Å². The molecular formula is C22H28N2O2. The van der Waals surface area contributed by atoms with Crippen LogP contribution in [0.4, 0.5) is 0 Å². The van der Waals surface area contributed by atoms with Gasteiger partial charge in [0.25, 0.3) is 5.91 Å². The molecule has 26 heavy (non-hydrogen) atoms. The number of rotatable bonds is 4. The summed E-state index contributed by atoms with van der Waals surface area (Å²) in [5.41, 5.74) is 2.76. The molecule has 0 aliphatic carbocycles. The van der Waals surface area contributed by atoms with Gasteiger partial charge in [-0.05, 0) is 57.1 Å². The van der Waals surface area contributed by atoms with E-state index in [-0.39, 0.29) is 5.91 Å². The first-order valence-electron chi connectivity index (χ1n) is 9.29. The van der Waals surface area contributed by atoms with E-state index in [1.54, 1.807) is 7.11 Å². The van der Waals surface area contributed by atoms with Crippen molar-refractivity contribution >= 4 is 5.91 Å². The molecule has 1 aliphatic rings. The third-order valence-corrected chi connectivity index (χ3v) is 5.24. The van der Waals surface area contributed by atoms with E-state index in [1.807, 2.05) is 53.4 Å². The van der Waals surface area contributed by atoms with Crippen molar-refractivity contribution in [2.24, 2.45) is 0 Å². The lowest BCUT2D eigenvalue weighted by molar-refractivity contribution is 0.0758. The molecule has 1 atom stereocenters. The number of carbonyl (C=O) groups is 1. The molecule has 1 aliphatic heterocycles. The standard InChI is InChI=1S/C22H28N2O2/c1-23(2)19-10-7-14-24(15-13-19)22(25)18-9-6-8-17(16-18)20-11-4-5-12-21(20)26-3/h4-6,8-9,11-12,16,19H,7,10,13-15H2,1-3H3/t19-/m0/s1. The van der Waals surface area contributed by atoms with Gasteiger partial charge >= 0.3 is 0 Å². The second-order valence-electron chi connectivity index (χ2n) is 7.12. The van der Waals surface area contributed by atoms with Crippen molar-refractivity contribution in [3.8, 4) is 16.9 Å². The second kappa shape index (κ2) is 8.37. The lowest BCUT2D eigenvalue weighted by Crippen LogP contribution is -2.33. The van der Waals surface area contributed by atoms with Gasteiger partial charge in [-0.2, -0.15) is 0 Å². The number of benzene rings is 2. The first-order valence-corrected chi connectivity index (χ1v) is 9.29. The third-order valence-electron chi connectivity index (χ3n) is 5.24. The average molecular weight is 352 g/mol. The molecule has 1 saturated heterocycles. The highest BCUT2D eigenvalue weighted by molar-refractivity contribution is 5.95. The maximum absolute atomic E-state index is 13.0. The van der Waals surface area contributed by atoms with Gasteiger partial charge in [0.05, 0.1) is 7.11 Å². The highest BCUT2D eigenvalue weighted by Gasteiger charge is 2.22. The molecule has 1 heterocycles. The number of methoxy groups -OCH3 is 1. The summed E-state index contributed by atoms with van der Waals surface area (Å²) in [5, 5.41) is 0. The molecule has 0 aromatic heterocycles. The molecular weight excluding hydrogens is 324 g/mol. The van der Waals surface area contributed by atoms with E-state index < -0.39 is 0 Å². The SMILES string of the molecule is COc1ccccc1-c1cccc(C(=O)N2CCC[C@H](N(C)C)CC2)c1. The number of likely N-dealkylation sites (tertiary alicyclic amines) is 1. The number of nitrogens with zero attached hydrogens (tertiary/aromatic N) is 2. The van der Waals surface area contributed by atoms with Crippen LogP contribution in [0.25, 0.3) is 11.1 Å². The van der Waals surface area contributed by atoms with E-state index in [1.165, 1.54) is 0 Å². The van der Waals surface area contributed by atoms with Crippen LogP contribution in [0.15, 0.2) is 48.5 Å². The Bertz CT molecular complexity index is 757. The van der Waals surface area contributed by atoms with Gasteiger partial charge in [-0.25, -0.2) is 0 Å². The van der Waals surface area contributed by atoms with Crippen LogP contribution in [0.1, 0.15) is 29.6 Å². The van der Waals surface area contributed by atoms with Crippen LogP contribution in [0.5, 0.6) is 5.75 Å². The van der Waals surface area contributed by atoms with E-state index in [9.17, 15) is 4.79 Å². The molecule has 0 bridgehead atoms. The van der Waals surface area contributed by atoms with Crippen LogP contribution in [-0.4, -0.2) is 56.0 Å². The molecule has 138 valence electrons. The van der Waals surface area contributed by atoms with Crippen molar-refractivity contribution in [2.45, 2.75) is 25.3 Å². The van der Waals surface area contributed by atoms with E-state index in [4.69, 9.17) is 4.74 Å². The Morgan fingerprint density at radius 3 is 2.65 bits per heavy atom. The molecule has 2 aromatic rings. The van der Waals surface area contributed by atoms with Gasteiger partial charge in [-0.15, -0.1) is 0 Å². The van der Waals surface area contributed by atoms with Crippen molar-refractivity contribution in [1.29, 1.82) is 0 Å².